The summed E-state index contributed by atoms with van der Waals surface area (Å²) < 4.78 is 13.3. The first-order valence-corrected chi connectivity index (χ1v) is 7.22. The largest absolute Gasteiger partial charge is 0.329 e. The van der Waals surface area contributed by atoms with Crippen molar-refractivity contribution < 1.29 is 9.18 Å². The van der Waals surface area contributed by atoms with Crippen LogP contribution in [0.1, 0.15) is 15.9 Å². The Morgan fingerprint density at radius 2 is 2.00 bits per heavy atom. The van der Waals surface area contributed by atoms with Crippen LogP contribution in [-0.2, 0) is 0 Å². The predicted molar refractivity (Wildman–Crippen MR) is 88.7 cm³/mol. The summed E-state index contributed by atoms with van der Waals surface area (Å²) in [4.78, 5) is 26.6. The highest BCUT2D eigenvalue weighted by atomic mass is 35.5. The van der Waals surface area contributed by atoms with E-state index in [2.05, 4.69) is 10.3 Å². The number of pyridine rings is 1. The number of fused-ring (bicyclic) bond motifs is 1. The average Bonchev–Trinajstić information content (AvgIpc) is 2.51. The van der Waals surface area contributed by atoms with Crippen LogP contribution in [0.3, 0.4) is 0 Å². The lowest BCUT2D eigenvalue weighted by Crippen LogP contribution is -2.14. The number of amides is 1. The van der Waals surface area contributed by atoms with Gasteiger partial charge in [0, 0.05) is 17.1 Å². The maximum Gasteiger partial charge on any atom is 0.256 e. The number of nitrogens with one attached hydrogen (secondary N) is 2. The van der Waals surface area contributed by atoms with Gasteiger partial charge in [-0.2, -0.15) is 0 Å². The average molecular weight is 331 g/mol. The second-order valence-electron chi connectivity index (χ2n) is 5.14. The van der Waals surface area contributed by atoms with Gasteiger partial charge in [0.15, 0.2) is 0 Å². The molecule has 4 nitrogen and oxygen atoms in total. The zero-order valence-electron chi connectivity index (χ0n) is 12.1. The molecule has 0 radical (unpaired) electrons. The van der Waals surface area contributed by atoms with Gasteiger partial charge in [-0.25, -0.2) is 4.39 Å². The number of anilines is 1. The third-order valence-corrected chi connectivity index (χ3v) is 3.87. The zero-order chi connectivity index (χ0) is 16.6. The molecule has 0 aliphatic carbocycles. The van der Waals surface area contributed by atoms with Gasteiger partial charge >= 0.3 is 0 Å². The molecule has 0 bridgehead atoms. The molecule has 0 aliphatic heterocycles. The highest BCUT2D eigenvalue weighted by molar-refractivity contribution is 6.34. The number of benzene rings is 2. The SMILES string of the molecule is Cc1ccc(F)cc1C(=O)Nc1cc2cc[nH]c(=O)c2cc1Cl. The molecule has 23 heavy (non-hydrogen) atoms. The number of hydrogen-bond donors (Lipinski definition) is 2. The van der Waals surface area contributed by atoms with Crippen LogP contribution in [0.4, 0.5) is 10.1 Å². The van der Waals surface area contributed by atoms with Gasteiger partial charge in [0.05, 0.1) is 10.7 Å². The summed E-state index contributed by atoms with van der Waals surface area (Å²) in [5.41, 5.74) is 0.978. The highest BCUT2D eigenvalue weighted by Gasteiger charge is 2.13. The Morgan fingerprint density at radius 3 is 2.78 bits per heavy atom. The van der Waals surface area contributed by atoms with Crippen LogP contribution >= 0.6 is 11.6 Å². The van der Waals surface area contributed by atoms with Gasteiger partial charge in [-0.15, -0.1) is 0 Å². The first-order chi connectivity index (χ1) is 11.0. The first kappa shape index (κ1) is 15.2. The Balaban J connectivity index is 2.01. The fourth-order valence-corrected chi connectivity index (χ4v) is 2.54. The number of aromatic nitrogens is 1. The Bertz CT molecular complexity index is 982. The zero-order valence-corrected chi connectivity index (χ0v) is 12.9. The van der Waals surface area contributed by atoms with Crippen molar-refractivity contribution in [1.82, 2.24) is 4.98 Å². The van der Waals surface area contributed by atoms with E-state index in [1.54, 1.807) is 19.1 Å². The lowest BCUT2D eigenvalue weighted by atomic mass is 10.1. The minimum Gasteiger partial charge on any atom is -0.329 e. The van der Waals surface area contributed by atoms with Crippen LogP contribution < -0.4 is 10.9 Å². The van der Waals surface area contributed by atoms with Crippen LogP contribution in [0, 0.1) is 12.7 Å². The Kier molecular flexibility index (Phi) is 3.88. The normalized spacial score (nSPS) is 10.7. The minimum absolute atomic E-state index is 0.229. The maximum absolute atomic E-state index is 13.3. The monoisotopic (exact) mass is 330 g/mol. The molecule has 116 valence electrons. The number of aromatic amines is 1. The van der Waals surface area contributed by atoms with Gasteiger partial charge in [0.2, 0.25) is 0 Å². The number of carbonyl (C=O) groups excluding carboxylic acids is 1. The molecular weight excluding hydrogens is 319 g/mol. The Morgan fingerprint density at radius 1 is 1.22 bits per heavy atom. The molecule has 0 aliphatic rings. The van der Waals surface area contributed by atoms with E-state index in [1.807, 2.05) is 0 Å². The Hall–Kier alpha value is -2.66. The molecule has 3 rings (SSSR count). The van der Waals surface area contributed by atoms with Gasteiger partial charge in [-0.1, -0.05) is 17.7 Å². The topological polar surface area (TPSA) is 62.0 Å². The van der Waals surface area contributed by atoms with Crippen molar-refractivity contribution in [2.24, 2.45) is 0 Å². The van der Waals surface area contributed by atoms with Gasteiger partial charge in [-0.3, -0.25) is 9.59 Å². The van der Waals surface area contributed by atoms with E-state index in [9.17, 15) is 14.0 Å². The van der Waals surface area contributed by atoms with E-state index in [0.29, 0.717) is 22.0 Å². The molecule has 0 spiro atoms. The number of halogens is 2. The van der Waals surface area contributed by atoms with Gasteiger partial charge in [-0.05, 0) is 48.2 Å². The third kappa shape index (κ3) is 2.96. The molecule has 1 heterocycles. The number of aryl methyl sites for hydroxylation is 1. The minimum atomic E-state index is -0.489. The molecule has 2 aromatic carbocycles. The van der Waals surface area contributed by atoms with Crippen molar-refractivity contribution >= 4 is 34.0 Å². The fraction of sp³-hybridized carbons (Fsp3) is 0.0588. The summed E-state index contributed by atoms with van der Waals surface area (Å²) in [6.07, 6.45) is 1.51. The van der Waals surface area contributed by atoms with Crippen LogP contribution in [-0.4, -0.2) is 10.9 Å². The van der Waals surface area contributed by atoms with Gasteiger partial charge in [0.25, 0.3) is 11.5 Å². The molecule has 0 fully saturated rings. The lowest BCUT2D eigenvalue weighted by molar-refractivity contribution is 0.102. The quantitative estimate of drug-likeness (QED) is 0.749. The van der Waals surface area contributed by atoms with E-state index >= 15 is 0 Å². The number of rotatable bonds is 2. The maximum atomic E-state index is 13.3. The van der Waals surface area contributed by atoms with Crippen molar-refractivity contribution in [3.8, 4) is 0 Å². The lowest BCUT2D eigenvalue weighted by Gasteiger charge is -2.10. The molecule has 0 saturated carbocycles. The van der Waals surface area contributed by atoms with Crippen LogP contribution in [0.2, 0.25) is 5.02 Å². The molecule has 1 amide bonds. The summed E-state index contributed by atoms with van der Waals surface area (Å²) >= 11 is 6.14. The smallest absolute Gasteiger partial charge is 0.256 e. The highest BCUT2D eigenvalue weighted by Crippen LogP contribution is 2.27. The second kappa shape index (κ2) is 5.85. The molecular formula is C17H12ClFN2O2. The number of carbonyl (C=O) groups is 1. The summed E-state index contributed by atoms with van der Waals surface area (Å²) in [5, 5.41) is 3.96. The van der Waals surface area contributed by atoms with Gasteiger partial charge in [0.1, 0.15) is 5.82 Å². The molecule has 0 unspecified atom stereocenters. The van der Waals surface area contributed by atoms with Crippen molar-refractivity contribution in [3.05, 3.63) is 74.9 Å². The predicted octanol–water partition coefficient (Wildman–Crippen LogP) is 3.88. The van der Waals surface area contributed by atoms with Crippen LogP contribution in [0.25, 0.3) is 10.8 Å². The van der Waals surface area contributed by atoms with E-state index in [4.69, 9.17) is 11.6 Å². The molecule has 1 aromatic heterocycles. The Labute approximate surface area is 135 Å². The van der Waals surface area contributed by atoms with E-state index < -0.39 is 11.7 Å². The van der Waals surface area contributed by atoms with Crippen LogP contribution in [0.5, 0.6) is 0 Å². The molecule has 2 N–H and O–H groups in total. The summed E-state index contributed by atoms with van der Waals surface area (Å²) in [6.45, 7) is 1.72. The second-order valence-corrected chi connectivity index (χ2v) is 5.55. The molecule has 0 atom stereocenters. The van der Waals surface area contributed by atoms with Crippen molar-refractivity contribution in [2.45, 2.75) is 6.92 Å². The van der Waals surface area contributed by atoms with Crippen LogP contribution in [0.15, 0.2) is 47.4 Å². The van der Waals surface area contributed by atoms with Crippen molar-refractivity contribution in [1.29, 1.82) is 0 Å². The van der Waals surface area contributed by atoms with Crippen molar-refractivity contribution in [3.63, 3.8) is 0 Å². The first-order valence-electron chi connectivity index (χ1n) is 6.84. The molecule has 0 saturated heterocycles. The molecule has 6 heteroatoms. The number of H-pyrrole nitrogens is 1. The molecule has 3 aromatic rings. The summed E-state index contributed by atoms with van der Waals surface area (Å²) in [7, 11) is 0. The van der Waals surface area contributed by atoms with Crippen molar-refractivity contribution in [2.75, 3.05) is 5.32 Å². The fourth-order valence-electron chi connectivity index (χ4n) is 2.33. The van der Waals surface area contributed by atoms with E-state index in [-0.39, 0.29) is 16.1 Å². The standard InChI is InChI=1S/C17H12ClFN2O2/c1-9-2-3-11(19)7-12(9)17(23)21-15-6-10-4-5-20-16(22)13(10)8-14(15)18/h2-8H,1H3,(H,20,22)(H,21,23). The van der Waals surface area contributed by atoms with Gasteiger partial charge < -0.3 is 10.3 Å². The van der Waals surface area contributed by atoms with E-state index in [0.717, 1.165) is 0 Å². The van der Waals surface area contributed by atoms with E-state index in [1.165, 1.54) is 30.5 Å². The number of hydrogen-bond acceptors (Lipinski definition) is 2. The third-order valence-electron chi connectivity index (χ3n) is 3.55. The summed E-state index contributed by atoms with van der Waals surface area (Å²) in [6, 6.07) is 8.80. The summed E-state index contributed by atoms with van der Waals surface area (Å²) in [5.74, 6) is -0.954.